The first-order valence-electron chi connectivity index (χ1n) is 11.9. The first-order chi connectivity index (χ1) is 17.0. The molecule has 2 amide bonds. The number of hydrogen-bond acceptors (Lipinski definition) is 4. The lowest BCUT2D eigenvalue weighted by molar-refractivity contribution is -0.135. The highest BCUT2D eigenvalue weighted by molar-refractivity contribution is 6.02. The molecule has 0 aliphatic heterocycles. The van der Waals surface area contributed by atoms with Crippen LogP contribution < -0.4 is 10.8 Å². The molecule has 0 fully saturated rings. The normalized spacial score (nSPS) is 12.4. The zero-order valence-corrected chi connectivity index (χ0v) is 19.9. The molecule has 0 saturated heterocycles. The summed E-state index contributed by atoms with van der Waals surface area (Å²) in [7, 11) is 0. The van der Waals surface area contributed by atoms with E-state index in [1.807, 2.05) is 55.5 Å². The highest BCUT2D eigenvalue weighted by atomic mass is 16.5. The average molecular weight is 473 g/mol. The Labute approximate surface area is 206 Å². The minimum atomic E-state index is -0.774. The molecule has 0 aliphatic rings. The van der Waals surface area contributed by atoms with Crippen molar-refractivity contribution in [2.24, 2.45) is 5.92 Å². The summed E-state index contributed by atoms with van der Waals surface area (Å²) in [5.41, 5.74) is 5.39. The van der Waals surface area contributed by atoms with Crippen molar-refractivity contribution in [1.82, 2.24) is 10.8 Å². The van der Waals surface area contributed by atoms with Crippen molar-refractivity contribution in [1.29, 1.82) is 0 Å². The summed E-state index contributed by atoms with van der Waals surface area (Å²) in [4.78, 5) is 38.5. The van der Waals surface area contributed by atoms with Crippen LogP contribution in [0.3, 0.4) is 0 Å². The van der Waals surface area contributed by atoms with Crippen LogP contribution in [-0.4, -0.2) is 28.8 Å². The summed E-state index contributed by atoms with van der Waals surface area (Å²) in [5.74, 6) is -1.86. The molecule has 0 aliphatic carbocycles. The van der Waals surface area contributed by atoms with Crippen LogP contribution in [0.1, 0.15) is 46.3 Å². The minimum absolute atomic E-state index is 0.159. The van der Waals surface area contributed by atoms with Crippen molar-refractivity contribution in [3.63, 3.8) is 0 Å². The molecule has 3 aromatic rings. The van der Waals surface area contributed by atoms with E-state index in [1.54, 1.807) is 29.7 Å². The number of aryl methyl sites for hydroxylation is 2. The van der Waals surface area contributed by atoms with E-state index in [9.17, 15) is 14.4 Å². The van der Waals surface area contributed by atoms with E-state index in [-0.39, 0.29) is 18.1 Å². The summed E-state index contributed by atoms with van der Waals surface area (Å²) in [6, 6.07) is 25.8. The van der Waals surface area contributed by atoms with Crippen LogP contribution >= 0.6 is 0 Å². The van der Waals surface area contributed by atoms with E-state index < -0.39 is 17.9 Å². The topological polar surface area (TPSA) is 95.5 Å². The van der Waals surface area contributed by atoms with Crippen LogP contribution in [0, 0.1) is 12.8 Å². The van der Waals surface area contributed by atoms with Gasteiger partial charge in [-0.15, -0.1) is 0 Å². The highest BCUT2D eigenvalue weighted by Gasteiger charge is 2.28. The van der Waals surface area contributed by atoms with Gasteiger partial charge in [-0.3, -0.25) is 19.6 Å². The molecule has 0 heterocycles. The van der Waals surface area contributed by atoms with E-state index in [1.165, 1.54) is 5.56 Å². The Morgan fingerprint density at radius 2 is 1.46 bits per heavy atom. The minimum Gasteiger partial charge on any atom is -0.345 e. The van der Waals surface area contributed by atoms with E-state index in [4.69, 9.17) is 5.21 Å². The van der Waals surface area contributed by atoms with Crippen LogP contribution in [0.15, 0.2) is 84.9 Å². The van der Waals surface area contributed by atoms with E-state index in [0.29, 0.717) is 24.8 Å². The second kappa shape index (κ2) is 13.2. The first kappa shape index (κ1) is 25.8. The molecule has 0 unspecified atom stereocenters. The standard InChI is InChI=1S/C29H32N2O4/c1-21-15-17-22(18-16-21)11-8-14-25(20-27(32)31-35)29(34)30-26(19-23-9-4-2-5-10-23)28(33)24-12-6-3-7-13-24/h2-7,9-10,12-13,15-18,25-26,35H,8,11,14,19-20H2,1H3,(H,30,34)(H,31,32)/t25-,26+/m1/s1. The molecule has 2 atom stereocenters. The van der Waals surface area contributed by atoms with Crippen LogP contribution in [-0.2, 0) is 22.4 Å². The molecule has 0 spiro atoms. The molecule has 3 aromatic carbocycles. The Bertz CT molecular complexity index is 1100. The third kappa shape index (κ3) is 8.19. The van der Waals surface area contributed by atoms with Crippen LogP contribution in [0.25, 0.3) is 0 Å². The number of carbonyl (C=O) groups excluding carboxylic acids is 3. The van der Waals surface area contributed by atoms with Crippen molar-refractivity contribution in [3.05, 3.63) is 107 Å². The van der Waals surface area contributed by atoms with E-state index in [2.05, 4.69) is 17.4 Å². The summed E-state index contributed by atoms with van der Waals surface area (Å²) >= 11 is 0. The first-order valence-corrected chi connectivity index (χ1v) is 11.9. The molecule has 3 N–H and O–H groups in total. The third-order valence-electron chi connectivity index (χ3n) is 6.04. The number of benzene rings is 3. The van der Waals surface area contributed by atoms with Crippen molar-refractivity contribution in [3.8, 4) is 0 Å². The number of nitrogens with one attached hydrogen (secondary N) is 2. The Hall–Kier alpha value is -3.77. The molecular weight excluding hydrogens is 440 g/mol. The largest absolute Gasteiger partial charge is 0.345 e. The average Bonchev–Trinajstić information content (AvgIpc) is 2.89. The highest BCUT2D eigenvalue weighted by Crippen LogP contribution is 2.17. The van der Waals surface area contributed by atoms with Crippen LogP contribution in [0.2, 0.25) is 0 Å². The van der Waals surface area contributed by atoms with Gasteiger partial charge in [0.25, 0.3) is 0 Å². The summed E-state index contributed by atoms with van der Waals surface area (Å²) in [6.45, 7) is 2.03. The van der Waals surface area contributed by atoms with Gasteiger partial charge in [-0.25, -0.2) is 5.48 Å². The fourth-order valence-electron chi connectivity index (χ4n) is 4.05. The zero-order chi connectivity index (χ0) is 25.0. The Morgan fingerprint density at radius 3 is 2.09 bits per heavy atom. The van der Waals surface area contributed by atoms with Crippen LogP contribution in [0.5, 0.6) is 0 Å². The van der Waals surface area contributed by atoms with Gasteiger partial charge in [-0.2, -0.15) is 0 Å². The maximum absolute atomic E-state index is 13.3. The number of rotatable bonds is 12. The summed E-state index contributed by atoms with van der Waals surface area (Å²) < 4.78 is 0. The Kier molecular flexibility index (Phi) is 9.75. The monoisotopic (exact) mass is 472 g/mol. The number of hydrogen-bond donors (Lipinski definition) is 3. The molecule has 6 heteroatoms. The predicted octanol–water partition coefficient (Wildman–Crippen LogP) is 4.44. The molecule has 6 nitrogen and oxygen atoms in total. The zero-order valence-electron chi connectivity index (χ0n) is 19.9. The SMILES string of the molecule is Cc1ccc(CCC[C@H](CC(=O)NO)C(=O)N[C@@H](Cc2ccccc2)C(=O)c2ccccc2)cc1. The molecule has 35 heavy (non-hydrogen) atoms. The van der Waals surface area contributed by atoms with E-state index in [0.717, 1.165) is 17.5 Å². The second-order valence-corrected chi connectivity index (χ2v) is 8.80. The fourth-order valence-corrected chi connectivity index (χ4v) is 4.05. The maximum atomic E-state index is 13.3. The second-order valence-electron chi connectivity index (χ2n) is 8.80. The van der Waals surface area contributed by atoms with Crippen molar-refractivity contribution in [2.45, 2.75) is 45.1 Å². The van der Waals surface area contributed by atoms with Crippen molar-refractivity contribution >= 4 is 17.6 Å². The lowest BCUT2D eigenvalue weighted by Gasteiger charge is -2.22. The van der Waals surface area contributed by atoms with Gasteiger partial charge in [0.15, 0.2) is 5.78 Å². The third-order valence-corrected chi connectivity index (χ3v) is 6.04. The summed E-state index contributed by atoms with van der Waals surface area (Å²) in [5, 5.41) is 11.9. The maximum Gasteiger partial charge on any atom is 0.244 e. The number of amides is 2. The van der Waals surface area contributed by atoms with Gasteiger partial charge in [0.1, 0.15) is 0 Å². The molecule has 0 bridgehead atoms. The number of ketones is 1. The molecular formula is C29H32N2O4. The predicted molar refractivity (Wildman–Crippen MR) is 135 cm³/mol. The molecule has 0 aromatic heterocycles. The quantitative estimate of drug-likeness (QED) is 0.206. The number of carbonyl (C=O) groups is 3. The lowest BCUT2D eigenvalue weighted by atomic mass is 9.93. The van der Waals surface area contributed by atoms with Gasteiger partial charge in [0.2, 0.25) is 11.8 Å². The fraction of sp³-hybridized carbons (Fsp3) is 0.276. The van der Waals surface area contributed by atoms with Gasteiger partial charge >= 0.3 is 0 Å². The molecule has 0 saturated carbocycles. The van der Waals surface area contributed by atoms with Crippen molar-refractivity contribution in [2.75, 3.05) is 0 Å². The molecule has 3 rings (SSSR count). The van der Waals surface area contributed by atoms with E-state index >= 15 is 0 Å². The Morgan fingerprint density at radius 1 is 0.829 bits per heavy atom. The van der Waals surface area contributed by atoms with Gasteiger partial charge in [0.05, 0.1) is 6.04 Å². The van der Waals surface area contributed by atoms with Gasteiger partial charge in [0, 0.05) is 24.3 Å². The van der Waals surface area contributed by atoms with Crippen LogP contribution in [0.4, 0.5) is 0 Å². The number of hydroxylamine groups is 1. The molecule has 182 valence electrons. The summed E-state index contributed by atoms with van der Waals surface area (Å²) in [6.07, 6.45) is 2.08. The Balaban J connectivity index is 1.73. The number of Topliss-reactive ketones (excluding diaryl/α,β-unsaturated/α-hetero) is 1. The van der Waals surface area contributed by atoms with Gasteiger partial charge in [-0.05, 0) is 37.3 Å². The molecule has 0 radical (unpaired) electrons. The van der Waals surface area contributed by atoms with Crippen molar-refractivity contribution < 1.29 is 19.6 Å². The smallest absolute Gasteiger partial charge is 0.244 e. The lowest BCUT2D eigenvalue weighted by Crippen LogP contribution is -2.45. The van der Waals surface area contributed by atoms with Gasteiger partial charge in [-0.1, -0.05) is 90.5 Å². The van der Waals surface area contributed by atoms with Gasteiger partial charge < -0.3 is 5.32 Å².